The SMILES string of the molecule is COc1ccc(CN(C(C)=O)C(C(C)=O)C(=O)NC2CCCCC2)c(OC)c1. The molecule has 2 rings (SSSR count). The zero-order chi connectivity index (χ0) is 20.7. The van der Waals surface area contributed by atoms with Gasteiger partial charge in [-0.15, -0.1) is 0 Å². The second kappa shape index (κ2) is 10.1. The molecule has 1 aliphatic rings. The molecule has 0 saturated heterocycles. The Morgan fingerprint density at radius 1 is 1.11 bits per heavy atom. The van der Waals surface area contributed by atoms with Gasteiger partial charge in [0.05, 0.1) is 20.8 Å². The van der Waals surface area contributed by atoms with E-state index in [9.17, 15) is 14.4 Å². The van der Waals surface area contributed by atoms with Gasteiger partial charge in [-0.25, -0.2) is 0 Å². The highest BCUT2D eigenvalue weighted by Gasteiger charge is 2.34. The maximum absolute atomic E-state index is 12.9. The summed E-state index contributed by atoms with van der Waals surface area (Å²) in [4.78, 5) is 38.8. The molecule has 0 radical (unpaired) electrons. The fraction of sp³-hybridized carbons (Fsp3) is 0.571. The van der Waals surface area contributed by atoms with Crippen molar-refractivity contribution in [1.29, 1.82) is 0 Å². The Hall–Kier alpha value is -2.57. The van der Waals surface area contributed by atoms with Crippen LogP contribution in [0, 0.1) is 0 Å². The molecule has 0 aliphatic heterocycles. The predicted octanol–water partition coefficient (Wildman–Crippen LogP) is 2.46. The number of nitrogens with one attached hydrogen (secondary N) is 1. The Labute approximate surface area is 166 Å². The molecule has 1 aromatic rings. The minimum atomic E-state index is -1.16. The highest BCUT2D eigenvalue weighted by Crippen LogP contribution is 2.26. The van der Waals surface area contributed by atoms with Crippen LogP contribution in [-0.4, -0.2) is 48.8 Å². The Morgan fingerprint density at radius 2 is 1.79 bits per heavy atom. The number of carbonyl (C=O) groups is 3. The standard InChI is InChI=1S/C21H30N2O5/c1-14(24)20(21(26)22-17-8-6-5-7-9-17)23(15(2)25)13-16-10-11-18(27-3)12-19(16)28-4/h10-12,17,20H,5-9,13H2,1-4H3,(H,22,26). The first-order valence-electron chi connectivity index (χ1n) is 9.66. The summed E-state index contributed by atoms with van der Waals surface area (Å²) >= 11 is 0. The summed E-state index contributed by atoms with van der Waals surface area (Å²) in [6.45, 7) is 2.79. The Bertz CT molecular complexity index is 713. The zero-order valence-corrected chi connectivity index (χ0v) is 17.1. The molecule has 28 heavy (non-hydrogen) atoms. The van der Waals surface area contributed by atoms with Gasteiger partial charge in [0.25, 0.3) is 5.91 Å². The van der Waals surface area contributed by atoms with E-state index in [4.69, 9.17) is 9.47 Å². The third-order valence-corrected chi connectivity index (χ3v) is 5.14. The monoisotopic (exact) mass is 390 g/mol. The summed E-state index contributed by atoms with van der Waals surface area (Å²) in [7, 11) is 3.08. The van der Waals surface area contributed by atoms with Crippen LogP contribution in [0.15, 0.2) is 18.2 Å². The van der Waals surface area contributed by atoms with Crippen molar-refractivity contribution in [2.45, 2.75) is 64.6 Å². The Morgan fingerprint density at radius 3 is 2.32 bits per heavy atom. The van der Waals surface area contributed by atoms with Crippen LogP contribution in [-0.2, 0) is 20.9 Å². The molecule has 7 heteroatoms. The lowest BCUT2D eigenvalue weighted by Gasteiger charge is -2.31. The van der Waals surface area contributed by atoms with Crippen LogP contribution in [0.1, 0.15) is 51.5 Å². The Balaban J connectivity index is 2.24. The Kier molecular flexibility index (Phi) is 7.84. The number of benzene rings is 1. The number of hydrogen-bond donors (Lipinski definition) is 1. The number of carbonyl (C=O) groups excluding carboxylic acids is 3. The normalized spacial score (nSPS) is 15.4. The van der Waals surface area contributed by atoms with Crippen LogP contribution >= 0.6 is 0 Å². The summed E-state index contributed by atoms with van der Waals surface area (Å²) in [5.41, 5.74) is 0.690. The van der Waals surface area contributed by atoms with Crippen molar-refractivity contribution in [3.63, 3.8) is 0 Å². The lowest BCUT2D eigenvalue weighted by molar-refractivity contribution is -0.145. The summed E-state index contributed by atoms with van der Waals surface area (Å²) in [6.07, 6.45) is 5.11. The first-order chi connectivity index (χ1) is 13.4. The van der Waals surface area contributed by atoms with Crippen molar-refractivity contribution in [3.8, 4) is 11.5 Å². The molecule has 0 spiro atoms. The van der Waals surface area contributed by atoms with Gasteiger partial charge in [0.1, 0.15) is 11.5 Å². The van der Waals surface area contributed by atoms with E-state index in [1.165, 1.54) is 32.3 Å². The highest BCUT2D eigenvalue weighted by atomic mass is 16.5. The molecular weight excluding hydrogens is 360 g/mol. The van der Waals surface area contributed by atoms with Crippen LogP contribution < -0.4 is 14.8 Å². The van der Waals surface area contributed by atoms with Crippen molar-refractivity contribution in [2.24, 2.45) is 0 Å². The van der Waals surface area contributed by atoms with Crippen LogP contribution in [0.2, 0.25) is 0 Å². The zero-order valence-electron chi connectivity index (χ0n) is 17.1. The van der Waals surface area contributed by atoms with Crippen LogP contribution in [0.4, 0.5) is 0 Å². The van der Waals surface area contributed by atoms with E-state index in [2.05, 4.69) is 5.32 Å². The van der Waals surface area contributed by atoms with Gasteiger partial charge in [-0.3, -0.25) is 14.4 Å². The van der Waals surface area contributed by atoms with Crippen molar-refractivity contribution >= 4 is 17.6 Å². The van der Waals surface area contributed by atoms with E-state index >= 15 is 0 Å². The number of nitrogens with zero attached hydrogens (tertiary/aromatic N) is 1. The predicted molar refractivity (Wildman–Crippen MR) is 105 cm³/mol. The van der Waals surface area contributed by atoms with E-state index in [0.29, 0.717) is 17.1 Å². The molecule has 1 saturated carbocycles. The van der Waals surface area contributed by atoms with Crippen molar-refractivity contribution < 1.29 is 23.9 Å². The second-order valence-corrected chi connectivity index (χ2v) is 7.18. The maximum atomic E-state index is 12.9. The van der Waals surface area contributed by atoms with Gasteiger partial charge in [-0.2, -0.15) is 0 Å². The van der Waals surface area contributed by atoms with Crippen molar-refractivity contribution in [1.82, 2.24) is 10.2 Å². The van der Waals surface area contributed by atoms with Gasteiger partial charge in [-0.05, 0) is 31.9 Å². The van der Waals surface area contributed by atoms with Crippen LogP contribution in [0.3, 0.4) is 0 Å². The van der Waals surface area contributed by atoms with Gasteiger partial charge in [-0.1, -0.05) is 19.3 Å². The second-order valence-electron chi connectivity index (χ2n) is 7.18. The molecule has 1 unspecified atom stereocenters. The lowest BCUT2D eigenvalue weighted by atomic mass is 9.95. The fourth-order valence-electron chi connectivity index (χ4n) is 3.62. The maximum Gasteiger partial charge on any atom is 0.250 e. The average molecular weight is 390 g/mol. The summed E-state index contributed by atoms with van der Waals surface area (Å²) in [5.74, 6) is 0.0173. The molecule has 1 fully saturated rings. The molecular formula is C21H30N2O5. The topological polar surface area (TPSA) is 84.9 Å². The van der Waals surface area contributed by atoms with E-state index in [-0.39, 0.29) is 24.3 Å². The number of ketones is 1. The lowest BCUT2D eigenvalue weighted by Crippen LogP contribution is -2.54. The molecule has 1 N–H and O–H groups in total. The summed E-state index contributed by atoms with van der Waals surface area (Å²) < 4.78 is 10.6. The first kappa shape index (κ1) is 21.7. The van der Waals surface area contributed by atoms with Gasteiger partial charge in [0.2, 0.25) is 5.91 Å². The summed E-state index contributed by atoms with van der Waals surface area (Å²) in [6, 6.07) is 4.13. The van der Waals surface area contributed by atoms with E-state index in [1.54, 1.807) is 25.3 Å². The molecule has 7 nitrogen and oxygen atoms in total. The van der Waals surface area contributed by atoms with Crippen LogP contribution in [0.25, 0.3) is 0 Å². The number of methoxy groups -OCH3 is 2. The third kappa shape index (κ3) is 5.47. The number of rotatable bonds is 8. The molecule has 0 bridgehead atoms. The average Bonchev–Trinajstić information content (AvgIpc) is 2.67. The van der Waals surface area contributed by atoms with E-state index in [0.717, 1.165) is 25.7 Å². The molecule has 1 atom stereocenters. The molecule has 0 aromatic heterocycles. The number of hydrogen-bond acceptors (Lipinski definition) is 5. The smallest absolute Gasteiger partial charge is 0.250 e. The van der Waals surface area contributed by atoms with Gasteiger partial charge in [0, 0.05) is 24.6 Å². The van der Waals surface area contributed by atoms with Gasteiger partial charge < -0.3 is 19.7 Å². The molecule has 2 amide bonds. The van der Waals surface area contributed by atoms with E-state index in [1.807, 2.05) is 0 Å². The molecule has 1 aliphatic carbocycles. The third-order valence-electron chi connectivity index (χ3n) is 5.14. The molecule has 0 heterocycles. The molecule has 154 valence electrons. The highest BCUT2D eigenvalue weighted by molar-refractivity contribution is 6.06. The number of ether oxygens (including phenoxy) is 2. The van der Waals surface area contributed by atoms with Crippen molar-refractivity contribution in [3.05, 3.63) is 23.8 Å². The largest absolute Gasteiger partial charge is 0.497 e. The fourth-order valence-corrected chi connectivity index (χ4v) is 3.62. The van der Waals surface area contributed by atoms with Crippen molar-refractivity contribution in [2.75, 3.05) is 14.2 Å². The van der Waals surface area contributed by atoms with E-state index < -0.39 is 11.9 Å². The minimum absolute atomic E-state index is 0.0624. The van der Waals surface area contributed by atoms with Gasteiger partial charge >= 0.3 is 0 Å². The quantitative estimate of drug-likeness (QED) is 0.689. The summed E-state index contributed by atoms with van der Waals surface area (Å²) in [5, 5.41) is 2.96. The minimum Gasteiger partial charge on any atom is -0.497 e. The number of amides is 2. The first-order valence-corrected chi connectivity index (χ1v) is 9.66. The number of Topliss-reactive ketones (excluding diaryl/α,β-unsaturated/α-hetero) is 1. The molecule has 1 aromatic carbocycles. The van der Waals surface area contributed by atoms with Crippen LogP contribution in [0.5, 0.6) is 11.5 Å². The van der Waals surface area contributed by atoms with Gasteiger partial charge in [0.15, 0.2) is 11.8 Å².